The number of nitrogens with two attached hydrogens (primary N) is 1. The van der Waals surface area contributed by atoms with Crippen molar-refractivity contribution in [2.45, 2.75) is 13.0 Å². The fourth-order valence-electron chi connectivity index (χ4n) is 1.17. The highest BCUT2D eigenvalue weighted by Gasteiger charge is 2.14. The number of aromatic nitrogens is 3. The van der Waals surface area contributed by atoms with E-state index in [-0.39, 0.29) is 17.8 Å². The fourth-order valence-corrected chi connectivity index (χ4v) is 1.17. The lowest BCUT2D eigenvalue weighted by Gasteiger charge is -2.15. The van der Waals surface area contributed by atoms with E-state index in [9.17, 15) is 4.79 Å². The lowest BCUT2D eigenvalue weighted by atomic mass is 10.3. The molecule has 0 saturated heterocycles. The molecule has 9 nitrogen and oxygen atoms in total. The second-order valence-electron chi connectivity index (χ2n) is 3.80. The van der Waals surface area contributed by atoms with Crippen LogP contribution in [-0.2, 0) is 4.79 Å². The Morgan fingerprint density at radius 3 is 2.39 bits per heavy atom. The van der Waals surface area contributed by atoms with E-state index in [2.05, 4.69) is 31.0 Å². The first-order valence-electron chi connectivity index (χ1n) is 5.36. The maximum atomic E-state index is 11.4. The van der Waals surface area contributed by atoms with Gasteiger partial charge in [-0.3, -0.25) is 10.2 Å². The molecule has 0 aliphatic heterocycles. The molecule has 1 heterocycles. The van der Waals surface area contributed by atoms with Crippen LogP contribution < -0.4 is 26.8 Å². The molecule has 1 rings (SSSR count). The third kappa shape index (κ3) is 3.42. The zero-order chi connectivity index (χ0) is 13.7. The molecule has 0 radical (unpaired) electrons. The number of likely N-dealkylation sites (N-methyl/N-ethyl adjacent to an activating group) is 1. The maximum absolute atomic E-state index is 11.4. The number of nitrogens with zero attached hydrogens (tertiary/aromatic N) is 4. The zero-order valence-corrected chi connectivity index (χ0v) is 10.9. The number of amides is 1. The predicted molar refractivity (Wildman–Crippen MR) is 69.1 cm³/mol. The van der Waals surface area contributed by atoms with E-state index in [0.29, 0.717) is 5.95 Å². The average Bonchev–Trinajstić information content (AvgIpc) is 2.36. The summed E-state index contributed by atoms with van der Waals surface area (Å²) in [4.78, 5) is 25.3. The summed E-state index contributed by atoms with van der Waals surface area (Å²) in [5, 5.41) is 5.39. The standard InChI is InChI=1S/C9H18N8O/c1-5(6(18)11-2)12-7-13-8(16-10)15-9(14-7)17(3)4/h5H,10H2,1-4H3,(H,11,18)(H2,12,13,14,15,16). The zero-order valence-electron chi connectivity index (χ0n) is 10.9. The topological polar surface area (TPSA) is 121 Å². The van der Waals surface area contributed by atoms with Gasteiger partial charge >= 0.3 is 0 Å². The van der Waals surface area contributed by atoms with Crippen molar-refractivity contribution in [1.82, 2.24) is 20.3 Å². The minimum Gasteiger partial charge on any atom is -0.357 e. The molecule has 9 heteroatoms. The number of carbonyl (C=O) groups excluding carboxylic acids is 1. The molecule has 1 unspecified atom stereocenters. The molecule has 0 bridgehead atoms. The minimum absolute atomic E-state index is 0.163. The Bertz CT molecular complexity index is 421. The summed E-state index contributed by atoms with van der Waals surface area (Å²) in [6.45, 7) is 1.70. The molecule has 0 aliphatic carbocycles. The van der Waals surface area contributed by atoms with Crippen LogP contribution in [0.5, 0.6) is 0 Å². The Hall–Kier alpha value is -2.16. The summed E-state index contributed by atoms with van der Waals surface area (Å²) in [7, 11) is 5.15. The summed E-state index contributed by atoms with van der Waals surface area (Å²) >= 11 is 0. The summed E-state index contributed by atoms with van der Waals surface area (Å²) in [5.74, 6) is 6.05. The minimum atomic E-state index is -0.460. The second kappa shape index (κ2) is 5.96. The van der Waals surface area contributed by atoms with E-state index in [1.165, 1.54) is 0 Å². The molecule has 0 aromatic carbocycles. The quantitative estimate of drug-likeness (QED) is 0.381. The van der Waals surface area contributed by atoms with E-state index in [1.807, 2.05) is 0 Å². The Morgan fingerprint density at radius 2 is 1.89 bits per heavy atom. The van der Waals surface area contributed by atoms with Crippen molar-refractivity contribution in [3.8, 4) is 0 Å². The van der Waals surface area contributed by atoms with Crippen molar-refractivity contribution < 1.29 is 4.79 Å². The lowest BCUT2D eigenvalue weighted by molar-refractivity contribution is -0.121. The number of carbonyl (C=O) groups is 1. The monoisotopic (exact) mass is 254 g/mol. The van der Waals surface area contributed by atoms with Crippen molar-refractivity contribution in [3.63, 3.8) is 0 Å². The van der Waals surface area contributed by atoms with Gasteiger partial charge in [-0.1, -0.05) is 0 Å². The van der Waals surface area contributed by atoms with Gasteiger partial charge in [-0.05, 0) is 6.92 Å². The maximum Gasteiger partial charge on any atom is 0.243 e. The molecule has 5 N–H and O–H groups in total. The first kappa shape index (κ1) is 13.9. The first-order chi connectivity index (χ1) is 8.47. The van der Waals surface area contributed by atoms with Crippen LogP contribution in [0.4, 0.5) is 17.8 Å². The van der Waals surface area contributed by atoms with Crippen molar-refractivity contribution in [2.24, 2.45) is 5.84 Å². The Labute approximate surface area is 105 Å². The molecular formula is C9H18N8O. The highest BCUT2D eigenvalue weighted by atomic mass is 16.2. The van der Waals surface area contributed by atoms with E-state index in [4.69, 9.17) is 5.84 Å². The molecular weight excluding hydrogens is 236 g/mol. The third-order valence-corrected chi connectivity index (χ3v) is 2.14. The molecule has 0 fully saturated rings. The van der Waals surface area contributed by atoms with Gasteiger partial charge in [-0.2, -0.15) is 15.0 Å². The van der Waals surface area contributed by atoms with Gasteiger partial charge in [0.05, 0.1) is 0 Å². The van der Waals surface area contributed by atoms with Crippen LogP contribution >= 0.6 is 0 Å². The van der Waals surface area contributed by atoms with Crippen LogP contribution in [-0.4, -0.2) is 48.0 Å². The van der Waals surface area contributed by atoms with Crippen molar-refractivity contribution in [2.75, 3.05) is 36.8 Å². The Kier molecular flexibility index (Phi) is 4.60. The van der Waals surface area contributed by atoms with Crippen LogP contribution in [0.2, 0.25) is 0 Å². The van der Waals surface area contributed by atoms with Gasteiger partial charge in [-0.15, -0.1) is 0 Å². The van der Waals surface area contributed by atoms with Gasteiger partial charge in [0, 0.05) is 21.1 Å². The lowest BCUT2D eigenvalue weighted by Crippen LogP contribution is -2.36. The molecule has 0 aliphatic rings. The summed E-state index contributed by atoms with van der Waals surface area (Å²) in [5.41, 5.74) is 2.35. The largest absolute Gasteiger partial charge is 0.357 e. The first-order valence-corrected chi connectivity index (χ1v) is 5.36. The number of hydrazine groups is 1. The van der Waals surface area contributed by atoms with Gasteiger partial charge in [-0.25, -0.2) is 5.84 Å². The fraction of sp³-hybridized carbons (Fsp3) is 0.556. The van der Waals surface area contributed by atoms with Crippen LogP contribution in [0.3, 0.4) is 0 Å². The average molecular weight is 254 g/mol. The number of hydrogen-bond acceptors (Lipinski definition) is 8. The van der Waals surface area contributed by atoms with E-state index in [0.717, 1.165) is 0 Å². The predicted octanol–water partition coefficient (Wildman–Crippen LogP) is -1.23. The van der Waals surface area contributed by atoms with Crippen LogP contribution in [0, 0.1) is 0 Å². The van der Waals surface area contributed by atoms with Gasteiger partial charge in [0.25, 0.3) is 0 Å². The second-order valence-corrected chi connectivity index (χ2v) is 3.80. The van der Waals surface area contributed by atoms with E-state index >= 15 is 0 Å². The van der Waals surface area contributed by atoms with Crippen LogP contribution in [0.1, 0.15) is 6.92 Å². The normalized spacial score (nSPS) is 11.6. The molecule has 0 spiro atoms. The van der Waals surface area contributed by atoms with Crippen molar-refractivity contribution in [1.29, 1.82) is 0 Å². The SMILES string of the molecule is CNC(=O)C(C)Nc1nc(NN)nc(N(C)C)n1. The molecule has 0 saturated carbocycles. The summed E-state index contributed by atoms with van der Waals surface area (Å²) in [6, 6.07) is -0.460. The van der Waals surface area contributed by atoms with Gasteiger partial charge in [0.15, 0.2) is 0 Å². The highest BCUT2D eigenvalue weighted by Crippen LogP contribution is 2.11. The number of hydrogen-bond donors (Lipinski definition) is 4. The van der Waals surface area contributed by atoms with Gasteiger partial charge in [0.1, 0.15) is 6.04 Å². The number of nitrogen functional groups attached to an aromatic ring is 1. The molecule has 1 atom stereocenters. The molecule has 18 heavy (non-hydrogen) atoms. The highest BCUT2D eigenvalue weighted by molar-refractivity contribution is 5.83. The Balaban J connectivity index is 2.94. The molecule has 1 amide bonds. The van der Waals surface area contributed by atoms with E-state index in [1.54, 1.807) is 33.0 Å². The van der Waals surface area contributed by atoms with Crippen LogP contribution in [0.15, 0.2) is 0 Å². The summed E-state index contributed by atoms with van der Waals surface area (Å²) < 4.78 is 0. The van der Waals surface area contributed by atoms with Gasteiger partial charge < -0.3 is 15.5 Å². The smallest absolute Gasteiger partial charge is 0.243 e. The van der Waals surface area contributed by atoms with Crippen molar-refractivity contribution >= 4 is 23.8 Å². The third-order valence-electron chi connectivity index (χ3n) is 2.14. The van der Waals surface area contributed by atoms with Crippen LogP contribution in [0.25, 0.3) is 0 Å². The number of nitrogens with one attached hydrogen (secondary N) is 3. The molecule has 1 aromatic rings. The number of anilines is 3. The molecule has 1 aromatic heterocycles. The molecule has 100 valence electrons. The Morgan fingerprint density at radius 1 is 1.28 bits per heavy atom. The van der Waals surface area contributed by atoms with Gasteiger partial charge in [0.2, 0.25) is 23.8 Å². The van der Waals surface area contributed by atoms with E-state index < -0.39 is 6.04 Å². The number of rotatable bonds is 5. The summed E-state index contributed by atoms with van der Waals surface area (Å²) in [6.07, 6.45) is 0. The van der Waals surface area contributed by atoms with Crippen molar-refractivity contribution in [3.05, 3.63) is 0 Å².